The van der Waals surface area contributed by atoms with Crippen molar-refractivity contribution in [3.8, 4) is 0 Å². The number of carbonyl (C=O) groups is 1. The molecule has 0 atom stereocenters. The van der Waals surface area contributed by atoms with E-state index in [4.69, 9.17) is 4.98 Å². The summed E-state index contributed by atoms with van der Waals surface area (Å²) in [5.41, 5.74) is 0.891. The lowest BCUT2D eigenvalue weighted by Gasteiger charge is -2.30. The first-order chi connectivity index (χ1) is 14.7. The average Bonchev–Trinajstić information content (AvgIpc) is 3.06. The largest absolute Gasteiger partial charge is 0.390 e. The molecule has 2 aliphatic rings. The van der Waals surface area contributed by atoms with Crippen molar-refractivity contribution in [1.29, 1.82) is 0 Å². The number of hydrogen-bond acceptors (Lipinski definition) is 4. The number of benzene rings is 1. The van der Waals surface area contributed by atoms with E-state index >= 15 is 0 Å². The fourth-order valence-corrected chi connectivity index (χ4v) is 3.85. The highest BCUT2D eigenvalue weighted by atomic mass is 19.1. The van der Waals surface area contributed by atoms with Crippen LogP contribution in [0.3, 0.4) is 0 Å². The Morgan fingerprint density at radius 2 is 1.97 bits per heavy atom. The molecule has 8 heteroatoms. The number of allylic oxidation sites excluding steroid dienone is 4. The summed E-state index contributed by atoms with van der Waals surface area (Å²) in [6.07, 6.45) is 4.43. The van der Waals surface area contributed by atoms with Crippen molar-refractivity contribution < 1.29 is 18.7 Å². The topological polar surface area (TPSA) is 70.4 Å². The molecular weight excluding hydrogens is 402 g/mol. The van der Waals surface area contributed by atoms with Gasteiger partial charge in [0.1, 0.15) is 29.0 Å². The Bertz CT molecular complexity index is 1050. The van der Waals surface area contributed by atoms with Crippen molar-refractivity contribution in [2.45, 2.75) is 51.8 Å². The van der Waals surface area contributed by atoms with Crippen LogP contribution in [0.4, 0.5) is 20.3 Å². The Morgan fingerprint density at radius 3 is 2.65 bits per heavy atom. The molecule has 0 unspecified atom stereocenters. The quantitative estimate of drug-likeness (QED) is 0.745. The maximum absolute atomic E-state index is 14.0. The number of halogens is 2. The molecule has 1 aliphatic heterocycles. The Hall–Kier alpha value is -3.00. The van der Waals surface area contributed by atoms with Gasteiger partial charge < -0.3 is 19.9 Å². The van der Waals surface area contributed by atoms with E-state index in [-0.39, 0.29) is 24.0 Å². The molecule has 1 aliphatic carbocycles. The summed E-state index contributed by atoms with van der Waals surface area (Å²) in [4.78, 5) is 19.0. The van der Waals surface area contributed by atoms with Crippen LogP contribution in [-0.2, 0) is 17.9 Å². The maximum Gasteiger partial charge on any atom is 0.225 e. The molecule has 0 fully saturated rings. The molecule has 0 saturated carbocycles. The first kappa shape index (κ1) is 21.2. The van der Waals surface area contributed by atoms with Gasteiger partial charge in [-0.2, -0.15) is 0 Å². The number of aromatic nitrogens is 2. The Kier molecular flexibility index (Phi) is 5.66. The summed E-state index contributed by atoms with van der Waals surface area (Å²) in [5.74, 6) is 0.697. The zero-order chi connectivity index (χ0) is 22.2. The van der Waals surface area contributed by atoms with E-state index in [0.29, 0.717) is 61.1 Å². The van der Waals surface area contributed by atoms with Crippen molar-refractivity contribution in [2.24, 2.45) is 0 Å². The SMILES string of the molecule is CC(C)(O)CC(=O)N1CCn2c(nc(C3=CCCC(F)=C3)c2Nc2ccc(F)cc2)C1. The molecule has 0 saturated heterocycles. The second-order valence-electron chi connectivity index (χ2n) is 8.60. The van der Waals surface area contributed by atoms with Crippen LogP contribution in [0.15, 0.2) is 42.2 Å². The highest BCUT2D eigenvalue weighted by molar-refractivity contribution is 5.82. The fraction of sp³-hybridized carbons (Fsp3) is 0.391. The number of amides is 1. The third-order valence-electron chi connectivity index (χ3n) is 5.35. The van der Waals surface area contributed by atoms with Crippen molar-refractivity contribution >= 4 is 23.0 Å². The smallest absolute Gasteiger partial charge is 0.225 e. The lowest BCUT2D eigenvalue weighted by atomic mass is 10.0. The van der Waals surface area contributed by atoms with E-state index in [1.807, 2.05) is 10.6 Å². The number of nitrogens with one attached hydrogen (secondary N) is 1. The molecule has 31 heavy (non-hydrogen) atoms. The molecule has 4 rings (SSSR count). The van der Waals surface area contributed by atoms with Crippen LogP contribution >= 0.6 is 0 Å². The molecule has 1 amide bonds. The van der Waals surface area contributed by atoms with E-state index in [9.17, 15) is 18.7 Å². The Morgan fingerprint density at radius 1 is 1.23 bits per heavy atom. The van der Waals surface area contributed by atoms with Crippen molar-refractivity contribution in [2.75, 3.05) is 11.9 Å². The van der Waals surface area contributed by atoms with E-state index in [2.05, 4.69) is 5.32 Å². The number of rotatable bonds is 5. The molecule has 2 heterocycles. The standard InChI is InChI=1S/C23H26F2N4O2/c1-23(2,31)13-20(30)28-10-11-29-19(14-28)27-21(15-4-3-5-17(25)12-15)22(29)26-18-8-6-16(24)7-9-18/h4,6-9,12,26,31H,3,5,10-11,13-14H2,1-2H3. The molecule has 2 aromatic rings. The van der Waals surface area contributed by atoms with Crippen LogP contribution in [0, 0.1) is 5.82 Å². The second kappa shape index (κ2) is 8.26. The van der Waals surface area contributed by atoms with Gasteiger partial charge in [0.25, 0.3) is 0 Å². The molecule has 1 aromatic carbocycles. The molecule has 6 nitrogen and oxygen atoms in total. The van der Waals surface area contributed by atoms with Crippen molar-refractivity contribution in [3.05, 3.63) is 59.6 Å². The maximum atomic E-state index is 14.0. The number of imidazole rings is 1. The lowest BCUT2D eigenvalue weighted by molar-refractivity contribution is -0.136. The third kappa shape index (κ3) is 4.85. The summed E-state index contributed by atoms with van der Waals surface area (Å²) < 4.78 is 29.3. The monoisotopic (exact) mass is 428 g/mol. The van der Waals surface area contributed by atoms with Gasteiger partial charge >= 0.3 is 0 Å². The predicted octanol–water partition coefficient (Wildman–Crippen LogP) is 4.30. The first-order valence-corrected chi connectivity index (χ1v) is 10.4. The summed E-state index contributed by atoms with van der Waals surface area (Å²) in [5, 5.41) is 13.3. The second-order valence-corrected chi connectivity index (χ2v) is 8.60. The van der Waals surface area contributed by atoms with Gasteiger partial charge in [-0.1, -0.05) is 6.08 Å². The van der Waals surface area contributed by atoms with Gasteiger partial charge in [-0.05, 0) is 50.6 Å². The van der Waals surface area contributed by atoms with E-state index in [0.717, 1.165) is 0 Å². The van der Waals surface area contributed by atoms with Gasteiger partial charge in [0.2, 0.25) is 5.91 Å². The normalized spacial score (nSPS) is 16.5. The van der Waals surface area contributed by atoms with Gasteiger partial charge in [0.05, 0.1) is 18.6 Å². The Labute approximate surface area is 179 Å². The number of fused-ring (bicyclic) bond motifs is 1. The van der Waals surface area contributed by atoms with Crippen molar-refractivity contribution in [1.82, 2.24) is 14.5 Å². The number of anilines is 2. The van der Waals surface area contributed by atoms with E-state index in [1.54, 1.807) is 30.9 Å². The van der Waals surface area contributed by atoms with Crippen LogP contribution in [-0.4, -0.2) is 37.6 Å². The number of aliphatic hydroxyl groups is 1. The molecule has 0 radical (unpaired) electrons. The van der Waals surface area contributed by atoms with E-state index < -0.39 is 5.60 Å². The van der Waals surface area contributed by atoms with Gasteiger partial charge in [0.15, 0.2) is 0 Å². The first-order valence-electron chi connectivity index (χ1n) is 10.4. The van der Waals surface area contributed by atoms with Gasteiger partial charge in [0, 0.05) is 30.8 Å². The zero-order valence-corrected chi connectivity index (χ0v) is 17.7. The minimum absolute atomic E-state index is 0.0281. The summed E-state index contributed by atoms with van der Waals surface area (Å²) in [7, 11) is 0. The fourth-order valence-electron chi connectivity index (χ4n) is 3.85. The van der Waals surface area contributed by atoms with Gasteiger partial charge in [-0.3, -0.25) is 4.79 Å². The average molecular weight is 428 g/mol. The number of hydrogen-bond donors (Lipinski definition) is 2. The number of carbonyl (C=O) groups excluding carboxylic acids is 1. The van der Waals surface area contributed by atoms with Gasteiger partial charge in [-0.25, -0.2) is 13.8 Å². The van der Waals surface area contributed by atoms with Crippen LogP contribution in [0.2, 0.25) is 0 Å². The number of nitrogens with zero attached hydrogens (tertiary/aromatic N) is 3. The van der Waals surface area contributed by atoms with Crippen LogP contribution in [0.25, 0.3) is 5.57 Å². The molecule has 2 N–H and O–H groups in total. The summed E-state index contributed by atoms with van der Waals surface area (Å²) >= 11 is 0. The molecule has 0 spiro atoms. The van der Waals surface area contributed by atoms with Crippen LogP contribution in [0.5, 0.6) is 0 Å². The van der Waals surface area contributed by atoms with Crippen molar-refractivity contribution in [3.63, 3.8) is 0 Å². The molecule has 164 valence electrons. The van der Waals surface area contributed by atoms with Gasteiger partial charge in [-0.15, -0.1) is 0 Å². The third-order valence-corrected chi connectivity index (χ3v) is 5.35. The van der Waals surface area contributed by atoms with Crippen LogP contribution in [0.1, 0.15) is 44.6 Å². The molecule has 0 bridgehead atoms. The van der Waals surface area contributed by atoms with Crippen LogP contribution < -0.4 is 5.32 Å². The minimum Gasteiger partial charge on any atom is -0.390 e. The highest BCUT2D eigenvalue weighted by Crippen LogP contribution is 2.34. The lowest BCUT2D eigenvalue weighted by Crippen LogP contribution is -2.41. The highest BCUT2D eigenvalue weighted by Gasteiger charge is 2.30. The molecule has 1 aromatic heterocycles. The molecular formula is C23H26F2N4O2. The summed E-state index contributed by atoms with van der Waals surface area (Å²) in [6, 6.07) is 6.00. The summed E-state index contributed by atoms with van der Waals surface area (Å²) in [6.45, 7) is 4.48. The Balaban J connectivity index is 1.68. The minimum atomic E-state index is -1.08. The zero-order valence-electron chi connectivity index (χ0n) is 17.7. The predicted molar refractivity (Wildman–Crippen MR) is 115 cm³/mol. The van der Waals surface area contributed by atoms with E-state index in [1.165, 1.54) is 18.2 Å².